The molecule has 4 aliphatic rings. The van der Waals surface area contributed by atoms with Gasteiger partial charge < -0.3 is 29.7 Å². The van der Waals surface area contributed by atoms with E-state index < -0.39 is 40.9 Å². The van der Waals surface area contributed by atoms with E-state index in [1.54, 1.807) is 19.1 Å². The number of piperidine rings is 1. The smallest absolute Gasteiger partial charge is 0.314 e. The monoisotopic (exact) mass is 443 g/mol. The van der Waals surface area contributed by atoms with Crippen LogP contribution in [0, 0.1) is 5.92 Å². The molecule has 2 heterocycles. The van der Waals surface area contributed by atoms with E-state index in [0.29, 0.717) is 30.8 Å². The topological polar surface area (TPSA) is 117 Å². The van der Waals surface area contributed by atoms with Crippen LogP contribution in [0.5, 0.6) is 11.5 Å². The number of likely N-dealkylation sites (N-methyl/N-ethyl adjacent to an activating group) is 1. The molecule has 5 rings (SSSR count). The zero-order chi connectivity index (χ0) is 23.0. The van der Waals surface area contributed by atoms with Crippen molar-refractivity contribution in [1.82, 2.24) is 4.90 Å². The Kier molecular flexibility index (Phi) is 4.71. The lowest BCUT2D eigenvalue weighted by Crippen LogP contribution is -2.74. The second-order valence-electron chi connectivity index (χ2n) is 9.77. The van der Waals surface area contributed by atoms with E-state index in [9.17, 15) is 24.9 Å². The Bertz CT molecular complexity index is 1030. The number of aliphatic hydroxyl groups excluding tert-OH is 1. The fourth-order valence-corrected chi connectivity index (χ4v) is 6.21. The van der Waals surface area contributed by atoms with Crippen molar-refractivity contribution in [1.29, 1.82) is 0 Å². The number of carbonyl (C=O) groups is 2. The van der Waals surface area contributed by atoms with Gasteiger partial charge in [-0.05, 0) is 51.1 Å². The average Bonchev–Trinajstić information content (AvgIpc) is 3.10. The van der Waals surface area contributed by atoms with Crippen LogP contribution in [0.2, 0.25) is 0 Å². The zero-order valence-corrected chi connectivity index (χ0v) is 18.5. The highest BCUT2D eigenvalue weighted by Crippen LogP contribution is 2.65. The van der Waals surface area contributed by atoms with E-state index in [2.05, 4.69) is 4.90 Å². The molecule has 0 aromatic heterocycles. The molecule has 8 heteroatoms. The fraction of sp³-hybridized carbons (Fsp3) is 0.583. The highest BCUT2D eigenvalue weighted by molar-refractivity contribution is 5.87. The molecule has 3 N–H and O–H groups in total. The average molecular weight is 443 g/mol. The van der Waals surface area contributed by atoms with E-state index >= 15 is 0 Å². The van der Waals surface area contributed by atoms with Crippen LogP contribution in [0.25, 0.3) is 0 Å². The normalized spacial score (nSPS) is 34.1. The summed E-state index contributed by atoms with van der Waals surface area (Å²) >= 11 is 0. The number of carbonyl (C=O) groups excluding carboxylic acids is 2. The third-order valence-corrected chi connectivity index (χ3v) is 7.95. The third kappa shape index (κ3) is 2.66. The van der Waals surface area contributed by atoms with Crippen molar-refractivity contribution >= 4 is 11.8 Å². The maximum atomic E-state index is 12.8. The maximum Gasteiger partial charge on any atom is 0.314 e. The predicted molar refractivity (Wildman–Crippen MR) is 113 cm³/mol. The van der Waals surface area contributed by atoms with Gasteiger partial charge in [0.25, 0.3) is 0 Å². The van der Waals surface area contributed by atoms with Crippen molar-refractivity contribution in [3.8, 4) is 11.5 Å². The third-order valence-electron chi connectivity index (χ3n) is 7.95. The molecular weight excluding hydrogens is 414 g/mol. The molecule has 32 heavy (non-hydrogen) atoms. The number of esters is 1. The second kappa shape index (κ2) is 7.04. The number of phenolic OH excluding ortho intramolecular Hbond substituents is 1. The van der Waals surface area contributed by atoms with Gasteiger partial charge in [0.05, 0.1) is 16.9 Å². The molecule has 1 saturated heterocycles. The number of likely N-dealkylation sites (tertiary alicyclic amines) is 1. The van der Waals surface area contributed by atoms with Crippen molar-refractivity contribution in [2.24, 2.45) is 5.92 Å². The summed E-state index contributed by atoms with van der Waals surface area (Å²) in [5.41, 5.74) is -0.0895. The number of nitrogens with zero attached hydrogens (tertiary/aromatic N) is 1. The van der Waals surface area contributed by atoms with E-state index in [-0.39, 0.29) is 18.2 Å². The number of phenols is 1. The summed E-state index contributed by atoms with van der Waals surface area (Å²) in [7, 11) is 2.01. The van der Waals surface area contributed by atoms with Crippen LogP contribution in [0.4, 0.5) is 0 Å². The second-order valence-corrected chi connectivity index (χ2v) is 9.77. The van der Waals surface area contributed by atoms with Gasteiger partial charge in [-0.25, -0.2) is 0 Å². The minimum absolute atomic E-state index is 0.00817. The lowest BCUT2D eigenvalue weighted by atomic mass is 9.50. The number of hydrogen-bond donors (Lipinski definition) is 3. The van der Waals surface area contributed by atoms with E-state index in [1.165, 1.54) is 6.92 Å². The summed E-state index contributed by atoms with van der Waals surface area (Å²) < 4.78 is 12.0. The number of rotatable bonds is 5. The minimum atomic E-state index is -1.14. The van der Waals surface area contributed by atoms with Gasteiger partial charge in [0.15, 0.2) is 23.4 Å². The highest BCUT2D eigenvalue weighted by atomic mass is 16.6. The zero-order valence-electron chi connectivity index (χ0n) is 18.5. The van der Waals surface area contributed by atoms with Gasteiger partial charge in [0.2, 0.25) is 0 Å². The molecule has 0 radical (unpaired) electrons. The Labute approximate surface area is 186 Å². The summed E-state index contributed by atoms with van der Waals surface area (Å²) in [5.74, 6) is -1.08. The lowest BCUT2D eigenvalue weighted by molar-refractivity contribution is -0.170. The summed E-state index contributed by atoms with van der Waals surface area (Å²) in [6.45, 7) is 3.69. The van der Waals surface area contributed by atoms with Crippen molar-refractivity contribution < 1.29 is 34.4 Å². The largest absolute Gasteiger partial charge is 0.504 e. The van der Waals surface area contributed by atoms with E-state index in [4.69, 9.17) is 9.47 Å². The van der Waals surface area contributed by atoms with Crippen LogP contribution < -0.4 is 4.74 Å². The van der Waals surface area contributed by atoms with Gasteiger partial charge in [0.1, 0.15) is 11.9 Å². The number of ketones is 1. The van der Waals surface area contributed by atoms with E-state index in [0.717, 1.165) is 17.7 Å². The Balaban J connectivity index is 1.53. The summed E-state index contributed by atoms with van der Waals surface area (Å²) in [4.78, 5) is 26.8. The summed E-state index contributed by atoms with van der Waals surface area (Å²) in [6, 6.07) is 3.38. The van der Waals surface area contributed by atoms with Crippen LogP contribution >= 0.6 is 0 Å². The van der Waals surface area contributed by atoms with Crippen LogP contribution in [0.15, 0.2) is 24.0 Å². The molecule has 1 spiro atoms. The first kappa shape index (κ1) is 21.4. The number of hydrogen-bond acceptors (Lipinski definition) is 8. The molecule has 2 aliphatic carbocycles. The van der Waals surface area contributed by atoms with Gasteiger partial charge in [-0.15, -0.1) is 0 Å². The van der Waals surface area contributed by atoms with Gasteiger partial charge >= 0.3 is 5.97 Å². The van der Waals surface area contributed by atoms with Crippen molar-refractivity contribution in [3.63, 3.8) is 0 Å². The number of aliphatic hydroxyl groups is 2. The number of Topliss-reactive ketones (excluding diaryl/α,β-unsaturated/α-hetero) is 1. The van der Waals surface area contributed by atoms with Crippen LogP contribution in [0.1, 0.15) is 44.2 Å². The first-order valence-corrected chi connectivity index (χ1v) is 11.2. The van der Waals surface area contributed by atoms with Crippen LogP contribution in [0.3, 0.4) is 0 Å². The standard InChI is InChI=1S/C24H29NO7/c1-12(10-16(28)13(2)26)22(29)31-17-6-7-24(30)18-11-14-4-5-15(27)20-19(14)23(24,21(17)32-20)8-9-25(18)3/h4-6,12-13,18,21,26-27,30H,7-11H2,1-3H3/t12-,13+,18-,21?,23?,24-/m1/s1. The molecule has 2 aliphatic heterocycles. The SMILES string of the molecule is C[C@H](O)C(=O)C[C@@H](C)C(=O)OC1=CC[C@@]2(O)[C@H]3Cc4ccc(O)c5c4C2(CCN3C)C1O5. The predicted octanol–water partition coefficient (Wildman–Crippen LogP) is 1.19. The van der Waals surface area contributed by atoms with Crippen LogP contribution in [-0.4, -0.2) is 69.4 Å². The maximum absolute atomic E-state index is 12.8. The first-order chi connectivity index (χ1) is 15.1. The molecule has 1 aromatic carbocycles. The van der Waals surface area contributed by atoms with Gasteiger partial charge in [0, 0.05) is 24.4 Å². The molecule has 8 nitrogen and oxygen atoms in total. The lowest BCUT2D eigenvalue weighted by Gasteiger charge is -2.61. The molecular formula is C24H29NO7. The summed E-state index contributed by atoms with van der Waals surface area (Å²) in [5, 5.41) is 32.0. The van der Waals surface area contributed by atoms with Gasteiger partial charge in [-0.1, -0.05) is 13.0 Å². The molecule has 172 valence electrons. The number of ether oxygens (including phenoxy) is 2. The Morgan fingerprint density at radius 3 is 2.81 bits per heavy atom. The first-order valence-electron chi connectivity index (χ1n) is 11.2. The quantitative estimate of drug-likeness (QED) is 0.581. The number of benzene rings is 1. The Morgan fingerprint density at radius 2 is 2.09 bits per heavy atom. The molecule has 2 unspecified atom stereocenters. The van der Waals surface area contributed by atoms with E-state index in [1.807, 2.05) is 13.1 Å². The van der Waals surface area contributed by atoms with Crippen molar-refractivity contribution in [2.75, 3.05) is 13.6 Å². The van der Waals surface area contributed by atoms with Crippen molar-refractivity contribution in [2.45, 2.75) is 68.8 Å². The van der Waals surface area contributed by atoms with Crippen molar-refractivity contribution in [3.05, 3.63) is 35.1 Å². The molecule has 6 atom stereocenters. The molecule has 2 bridgehead atoms. The van der Waals surface area contributed by atoms with Gasteiger partial charge in [-0.2, -0.15) is 0 Å². The molecule has 1 aromatic rings. The molecule has 0 saturated carbocycles. The Morgan fingerprint density at radius 1 is 1.34 bits per heavy atom. The molecule has 1 fully saturated rings. The minimum Gasteiger partial charge on any atom is -0.504 e. The van der Waals surface area contributed by atoms with Gasteiger partial charge in [-0.3, -0.25) is 9.59 Å². The Hall–Kier alpha value is -2.42. The van der Waals surface area contributed by atoms with Crippen LogP contribution in [-0.2, 0) is 26.2 Å². The summed E-state index contributed by atoms with van der Waals surface area (Å²) in [6.07, 6.45) is 1.24. The highest BCUT2D eigenvalue weighted by Gasteiger charge is 2.72. The number of aromatic hydroxyl groups is 1. The molecule has 0 amide bonds. The fourth-order valence-electron chi connectivity index (χ4n) is 6.21.